The van der Waals surface area contributed by atoms with Gasteiger partial charge in [0.2, 0.25) is 5.91 Å². The number of anilines is 1. The maximum atomic E-state index is 12.4. The number of hydrogen-bond acceptors (Lipinski definition) is 7. The normalized spacial score (nSPS) is 10.6. The molecule has 0 saturated carbocycles. The highest BCUT2D eigenvalue weighted by Crippen LogP contribution is 2.25. The van der Waals surface area contributed by atoms with Crippen molar-refractivity contribution >= 4 is 51.6 Å². The lowest BCUT2D eigenvalue weighted by molar-refractivity contribution is -0.113. The molecule has 156 valence electrons. The number of carbonyl (C=O) groups excluding carboxylic acids is 2. The zero-order valence-corrected chi connectivity index (χ0v) is 18.5. The van der Waals surface area contributed by atoms with Gasteiger partial charge in [0.1, 0.15) is 10.8 Å². The van der Waals surface area contributed by atoms with E-state index in [1.807, 2.05) is 28.8 Å². The lowest BCUT2D eigenvalue weighted by atomic mass is 10.1. The second-order valence-corrected chi connectivity index (χ2v) is 8.39. The van der Waals surface area contributed by atoms with Crippen LogP contribution in [0.2, 0.25) is 5.02 Å². The SMILES string of the molecule is C=CCn1c(Cc2ccc(Cl)cc2)nnc1SCC(=O)Nc1sccc1C(=O)OC. The largest absolute Gasteiger partial charge is 0.465 e. The van der Waals surface area contributed by atoms with E-state index < -0.39 is 5.97 Å². The number of nitrogens with one attached hydrogen (secondary N) is 1. The molecule has 0 aliphatic carbocycles. The van der Waals surface area contributed by atoms with Crippen LogP contribution in [0.4, 0.5) is 5.00 Å². The molecular weight excluding hydrogens is 444 g/mol. The lowest BCUT2D eigenvalue weighted by Gasteiger charge is -2.08. The zero-order valence-electron chi connectivity index (χ0n) is 16.1. The van der Waals surface area contributed by atoms with Crippen molar-refractivity contribution in [1.29, 1.82) is 0 Å². The number of aromatic nitrogens is 3. The molecule has 3 aromatic rings. The molecule has 1 aromatic carbocycles. The number of nitrogens with zero attached hydrogens (tertiary/aromatic N) is 3. The Morgan fingerprint density at radius 1 is 1.30 bits per heavy atom. The fourth-order valence-corrected chi connectivity index (χ4v) is 4.31. The first-order valence-corrected chi connectivity index (χ1v) is 11.1. The number of benzene rings is 1. The second-order valence-electron chi connectivity index (χ2n) is 6.09. The van der Waals surface area contributed by atoms with Gasteiger partial charge in [-0.2, -0.15) is 0 Å². The van der Waals surface area contributed by atoms with Crippen LogP contribution in [0.5, 0.6) is 0 Å². The molecule has 1 N–H and O–H groups in total. The summed E-state index contributed by atoms with van der Waals surface area (Å²) in [6.07, 6.45) is 2.34. The van der Waals surface area contributed by atoms with E-state index in [0.717, 1.165) is 11.4 Å². The van der Waals surface area contributed by atoms with E-state index in [-0.39, 0.29) is 11.7 Å². The summed E-state index contributed by atoms with van der Waals surface area (Å²) in [7, 11) is 1.30. The molecule has 0 aliphatic rings. The molecule has 0 saturated heterocycles. The minimum Gasteiger partial charge on any atom is -0.465 e. The van der Waals surface area contributed by atoms with Gasteiger partial charge in [-0.15, -0.1) is 28.1 Å². The van der Waals surface area contributed by atoms with E-state index in [1.54, 1.807) is 17.5 Å². The van der Waals surface area contributed by atoms with Crippen molar-refractivity contribution < 1.29 is 14.3 Å². The first-order chi connectivity index (χ1) is 14.5. The average molecular weight is 463 g/mol. The Labute approximate surface area is 187 Å². The van der Waals surface area contributed by atoms with Gasteiger partial charge in [0, 0.05) is 18.0 Å². The number of rotatable bonds is 9. The van der Waals surface area contributed by atoms with Gasteiger partial charge in [0.15, 0.2) is 5.16 Å². The first-order valence-electron chi connectivity index (χ1n) is 8.87. The highest BCUT2D eigenvalue weighted by molar-refractivity contribution is 7.99. The van der Waals surface area contributed by atoms with E-state index in [1.165, 1.54) is 30.2 Å². The number of ether oxygens (including phenoxy) is 1. The molecule has 2 heterocycles. The smallest absolute Gasteiger partial charge is 0.340 e. The summed E-state index contributed by atoms with van der Waals surface area (Å²) in [5.74, 6) is 0.150. The second kappa shape index (κ2) is 10.4. The van der Waals surface area contributed by atoms with E-state index in [9.17, 15) is 9.59 Å². The molecule has 2 aromatic heterocycles. The van der Waals surface area contributed by atoms with Gasteiger partial charge in [-0.1, -0.05) is 41.6 Å². The molecule has 0 bridgehead atoms. The standard InChI is InChI=1S/C20H19ClN4O3S2/c1-3-9-25-16(11-13-4-6-14(21)7-5-13)23-24-20(25)30-12-17(26)22-18-15(8-10-29-18)19(27)28-2/h3-8,10H,1,9,11-12H2,2H3,(H,22,26). The number of allylic oxidation sites excluding steroid dienone is 1. The fourth-order valence-electron chi connectivity index (χ4n) is 2.62. The van der Waals surface area contributed by atoms with Crippen LogP contribution in [0, 0.1) is 0 Å². The predicted octanol–water partition coefficient (Wildman–Crippen LogP) is 4.29. The number of hydrogen-bond donors (Lipinski definition) is 1. The predicted molar refractivity (Wildman–Crippen MR) is 119 cm³/mol. The molecule has 10 heteroatoms. The van der Waals surface area contributed by atoms with Crippen molar-refractivity contribution in [2.75, 3.05) is 18.2 Å². The number of carbonyl (C=O) groups is 2. The average Bonchev–Trinajstić information content (AvgIpc) is 3.35. The number of amides is 1. The topological polar surface area (TPSA) is 86.1 Å². The Morgan fingerprint density at radius 2 is 2.07 bits per heavy atom. The van der Waals surface area contributed by atoms with Crippen LogP contribution in [-0.2, 0) is 22.5 Å². The van der Waals surface area contributed by atoms with Crippen LogP contribution in [0.3, 0.4) is 0 Å². The third-order valence-electron chi connectivity index (χ3n) is 4.04. The third kappa shape index (κ3) is 5.50. The van der Waals surface area contributed by atoms with E-state index in [4.69, 9.17) is 16.3 Å². The maximum Gasteiger partial charge on any atom is 0.340 e. The monoisotopic (exact) mass is 462 g/mol. The molecule has 0 atom stereocenters. The van der Waals surface area contributed by atoms with Crippen LogP contribution < -0.4 is 5.32 Å². The summed E-state index contributed by atoms with van der Waals surface area (Å²) in [5.41, 5.74) is 1.39. The molecule has 3 rings (SSSR count). The van der Waals surface area contributed by atoms with Gasteiger partial charge in [-0.25, -0.2) is 4.79 Å². The number of esters is 1. The molecule has 0 spiro atoms. The Kier molecular flexibility index (Phi) is 7.67. The first kappa shape index (κ1) is 22.1. The Morgan fingerprint density at radius 3 is 2.77 bits per heavy atom. The van der Waals surface area contributed by atoms with Crippen molar-refractivity contribution in [3.8, 4) is 0 Å². The highest BCUT2D eigenvalue weighted by atomic mass is 35.5. The minimum absolute atomic E-state index is 0.120. The minimum atomic E-state index is -0.489. The Bertz CT molecular complexity index is 1050. The van der Waals surface area contributed by atoms with Gasteiger partial charge in [-0.3, -0.25) is 4.79 Å². The van der Waals surface area contributed by atoms with E-state index in [0.29, 0.717) is 33.7 Å². The Hall–Kier alpha value is -2.62. The van der Waals surface area contributed by atoms with Gasteiger partial charge < -0.3 is 14.6 Å². The summed E-state index contributed by atoms with van der Waals surface area (Å²) >= 11 is 8.47. The summed E-state index contributed by atoms with van der Waals surface area (Å²) < 4.78 is 6.64. The van der Waals surface area contributed by atoms with Crippen LogP contribution in [0.15, 0.2) is 53.5 Å². The van der Waals surface area contributed by atoms with Gasteiger partial charge in [0.25, 0.3) is 0 Å². The van der Waals surface area contributed by atoms with Crippen molar-refractivity contribution in [3.63, 3.8) is 0 Å². The van der Waals surface area contributed by atoms with Gasteiger partial charge in [0.05, 0.1) is 18.4 Å². The van der Waals surface area contributed by atoms with Crippen LogP contribution in [0.25, 0.3) is 0 Å². The van der Waals surface area contributed by atoms with Crippen molar-refractivity contribution in [3.05, 3.63) is 70.3 Å². The number of methoxy groups -OCH3 is 1. The molecule has 0 unspecified atom stereocenters. The zero-order chi connectivity index (χ0) is 21.5. The molecular formula is C20H19ClN4O3S2. The number of thiophene rings is 1. The molecule has 0 fully saturated rings. The highest BCUT2D eigenvalue weighted by Gasteiger charge is 2.17. The van der Waals surface area contributed by atoms with Crippen LogP contribution in [-0.4, -0.2) is 39.5 Å². The number of thioether (sulfide) groups is 1. The molecule has 1 amide bonds. The quantitative estimate of drug-likeness (QED) is 0.290. The fraction of sp³-hybridized carbons (Fsp3) is 0.200. The van der Waals surface area contributed by atoms with Gasteiger partial charge >= 0.3 is 5.97 Å². The van der Waals surface area contributed by atoms with Crippen molar-refractivity contribution in [2.45, 2.75) is 18.1 Å². The molecule has 7 nitrogen and oxygen atoms in total. The third-order valence-corrected chi connectivity index (χ3v) is 6.09. The summed E-state index contributed by atoms with van der Waals surface area (Å²) in [6, 6.07) is 9.16. The molecule has 0 aliphatic heterocycles. The number of halogens is 1. The lowest BCUT2D eigenvalue weighted by Crippen LogP contribution is -2.16. The van der Waals surface area contributed by atoms with Crippen molar-refractivity contribution in [1.82, 2.24) is 14.8 Å². The summed E-state index contributed by atoms with van der Waals surface area (Å²) in [6.45, 7) is 4.32. The summed E-state index contributed by atoms with van der Waals surface area (Å²) in [4.78, 5) is 24.1. The van der Waals surface area contributed by atoms with Gasteiger partial charge in [-0.05, 0) is 29.1 Å². The molecule has 0 radical (unpaired) electrons. The maximum absolute atomic E-state index is 12.4. The van der Waals surface area contributed by atoms with Crippen LogP contribution in [0.1, 0.15) is 21.7 Å². The van der Waals surface area contributed by atoms with Crippen molar-refractivity contribution in [2.24, 2.45) is 0 Å². The van der Waals surface area contributed by atoms with E-state index >= 15 is 0 Å². The summed E-state index contributed by atoms with van der Waals surface area (Å²) in [5, 5.41) is 14.7. The molecule has 30 heavy (non-hydrogen) atoms. The van der Waals surface area contributed by atoms with E-state index in [2.05, 4.69) is 22.1 Å². The Balaban J connectivity index is 1.66. The van der Waals surface area contributed by atoms with Crippen LogP contribution >= 0.6 is 34.7 Å².